The minimum atomic E-state index is 0. The summed E-state index contributed by atoms with van der Waals surface area (Å²) < 4.78 is 1.13. The maximum Gasteiger partial charge on any atom is 0.186 e. The molecular weight excluding hydrogens is 323 g/mol. The van der Waals surface area contributed by atoms with Crippen molar-refractivity contribution in [2.75, 3.05) is 7.05 Å². The third-order valence-electron chi connectivity index (χ3n) is 6.00. The molecule has 2 nitrogen and oxygen atoms in total. The van der Waals surface area contributed by atoms with Gasteiger partial charge in [-0.25, -0.2) is 0 Å². The lowest BCUT2D eigenvalue weighted by Gasteiger charge is -2.47. The van der Waals surface area contributed by atoms with Crippen LogP contribution in [0.4, 0.5) is 0 Å². The van der Waals surface area contributed by atoms with Crippen molar-refractivity contribution in [3.63, 3.8) is 0 Å². The van der Waals surface area contributed by atoms with E-state index in [9.17, 15) is 5.26 Å². The van der Waals surface area contributed by atoms with Gasteiger partial charge in [-0.2, -0.15) is 5.26 Å². The molecule has 0 radical (unpaired) electrons. The van der Waals surface area contributed by atoms with Gasteiger partial charge in [0.05, 0.1) is 19.1 Å². The Kier molecular flexibility index (Phi) is 3.76. The van der Waals surface area contributed by atoms with Gasteiger partial charge >= 0.3 is 0 Å². The molecule has 1 aliphatic carbocycles. The van der Waals surface area contributed by atoms with E-state index in [4.69, 9.17) is 0 Å². The Morgan fingerprint density at radius 3 is 2.06 bits per heavy atom. The van der Waals surface area contributed by atoms with Crippen LogP contribution >= 0.6 is 0 Å². The van der Waals surface area contributed by atoms with E-state index in [-0.39, 0.29) is 29.5 Å². The predicted molar refractivity (Wildman–Crippen MR) is 63.7 cm³/mol. The summed E-state index contributed by atoms with van der Waals surface area (Å²) in [5.41, 5.74) is 0.00662. The fraction of sp³-hybridized carbons (Fsp3) is 0.929. The quantitative estimate of drug-likeness (QED) is 0.484. The van der Waals surface area contributed by atoms with Gasteiger partial charge in [-0.3, -0.25) is 0 Å². The molecular formula is C14H23IN2. The molecule has 2 saturated heterocycles. The molecule has 0 amide bonds. The second-order valence-corrected chi connectivity index (χ2v) is 6.31. The van der Waals surface area contributed by atoms with Gasteiger partial charge in [0.1, 0.15) is 6.07 Å². The van der Waals surface area contributed by atoms with E-state index in [0.717, 1.165) is 16.6 Å². The summed E-state index contributed by atoms with van der Waals surface area (Å²) in [4.78, 5) is 0. The summed E-state index contributed by atoms with van der Waals surface area (Å²) in [5.74, 6) is 0. The van der Waals surface area contributed by atoms with Gasteiger partial charge in [0.2, 0.25) is 0 Å². The highest BCUT2D eigenvalue weighted by atomic mass is 127. The van der Waals surface area contributed by atoms with Gasteiger partial charge in [-0.1, -0.05) is 6.42 Å². The zero-order valence-corrected chi connectivity index (χ0v) is 12.9. The Hall–Kier alpha value is 0.180. The normalized spacial score (nSPS) is 45.3. The standard InChI is InChI=1S/C14H23N2.HI/c1-16(12-5-3-2-4-6-12)13-7-9-14(16,11-15)10-8-13;/h12-13H,2-10H2,1H3;1H/q+1;/p-1. The minimum absolute atomic E-state index is 0. The monoisotopic (exact) mass is 346 g/mol. The maximum absolute atomic E-state index is 9.64. The van der Waals surface area contributed by atoms with Crippen molar-refractivity contribution >= 4 is 0 Å². The van der Waals surface area contributed by atoms with Crippen molar-refractivity contribution in [1.82, 2.24) is 0 Å². The topological polar surface area (TPSA) is 23.8 Å². The molecule has 3 fully saturated rings. The fourth-order valence-corrected chi connectivity index (χ4v) is 4.93. The molecule has 96 valence electrons. The van der Waals surface area contributed by atoms with Crippen LogP contribution in [0.3, 0.4) is 0 Å². The molecule has 17 heavy (non-hydrogen) atoms. The molecule has 0 N–H and O–H groups in total. The van der Waals surface area contributed by atoms with Gasteiger partial charge in [0.15, 0.2) is 5.54 Å². The van der Waals surface area contributed by atoms with Crippen LogP contribution in [0.15, 0.2) is 0 Å². The number of nitrogens with zero attached hydrogens (tertiary/aromatic N) is 2. The summed E-state index contributed by atoms with van der Waals surface area (Å²) >= 11 is 0. The zero-order valence-electron chi connectivity index (χ0n) is 10.8. The second-order valence-electron chi connectivity index (χ2n) is 6.31. The lowest BCUT2D eigenvalue weighted by molar-refractivity contribution is -0.970. The molecule has 1 saturated carbocycles. The number of rotatable bonds is 1. The zero-order chi connectivity index (χ0) is 11.2. The first-order chi connectivity index (χ1) is 7.73. The smallest absolute Gasteiger partial charge is 0.186 e. The van der Waals surface area contributed by atoms with E-state index >= 15 is 0 Å². The lowest BCUT2D eigenvalue weighted by atomic mass is 9.86. The van der Waals surface area contributed by atoms with E-state index in [1.54, 1.807) is 0 Å². The number of nitriles is 1. The lowest BCUT2D eigenvalue weighted by Crippen LogP contribution is -3.00. The van der Waals surface area contributed by atoms with Crippen LogP contribution in [-0.2, 0) is 0 Å². The highest BCUT2D eigenvalue weighted by Crippen LogP contribution is 2.54. The number of quaternary nitrogens is 1. The first-order valence-corrected chi connectivity index (χ1v) is 7.00. The molecule has 3 rings (SSSR count). The summed E-state index contributed by atoms with van der Waals surface area (Å²) in [6.07, 6.45) is 11.9. The molecule has 0 spiro atoms. The number of fused-ring (bicyclic) bond motifs is 2. The summed E-state index contributed by atoms with van der Waals surface area (Å²) in [6, 6.07) is 4.33. The Morgan fingerprint density at radius 2 is 1.53 bits per heavy atom. The van der Waals surface area contributed by atoms with E-state index in [1.165, 1.54) is 57.8 Å². The molecule has 1 unspecified atom stereocenters. The van der Waals surface area contributed by atoms with Gasteiger partial charge in [-0.15, -0.1) is 0 Å². The van der Waals surface area contributed by atoms with E-state index in [2.05, 4.69) is 13.1 Å². The van der Waals surface area contributed by atoms with Crippen LogP contribution in [0.1, 0.15) is 57.8 Å². The molecule has 0 aromatic carbocycles. The SMILES string of the molecule is C[N+]1(C2CCCCC2)C2CCC1(C#N)CC2.[I-]. The van der Waals surface area contributed by atoms with Crippen molar-refractivity contribution in [1.29, 1.82) is 5.26 Å². The molecule has 3 aliphatic rings. The van der Waals surface area contributed by atoms with Crippen molar-refractivity contribution in [2.24, 2.45) is 0 Å². The second kappa shape index (κ2) is 4.70. The van der Waals surface area contributed by atoms with Crippen molar-refractivity contribution in [2.45, 2.75) is 75.4 Å². The third-order valence-corrected chi connectivity index (χ3v) is 6.00. The highest BCUT2D eigenvalue weighted by molar-refractivity contribution is 5.11. The molecule has 2 bridgehead atoms. The Labute approximate surface area is 122 Å². The van der Waals surface area contributed by atoms with Crippen LogP contribution < -0.4 is 24.0 Å². The molecule has 0 aromatic heterocycles. The molecule has 2 aliphatic heterocycles. The van der Waals surface area contributed by atoms with Crippen LogP contribution in [0, 0.1) is 11.3 Å². The van der Waals surface area contributed by atoms with Gasteiger partial charge in [-0.05, 0) is 25.7 Å². The van der Waals surface area contributed by atoms with Crippen molar-refractivity contribution in [3.05, 3.63) is 0 Å². The fourth-order valence-electron chi connectivity index (χ4n) is 4.93. The van der Waals surface area contributed by atoms with Crippen LogP contribution in [-0.4, -0.2) is 29.2 Å². The van der Waals surface area contributed by atoms with E-state index in [1.807, 2.05) is 0 Å². The van der Waals surface area contributed by atoms with Gasteiger partial charge in [0, 0.05) is 25.7 Å². The van der Waals surface area contributed by atoms with E-state index in [0.29, 0.717) is 0 Å². The summed E-state index contributed by atoms with van der Waals surface area (Å²) in [7, 11) is 2.41. The van der Waals surface area contributed by atoms with Crippen LogP contribution in [0.5, 0.6) is 0 Å². The van der Waals surface area contributed by atoms with Gasteiger partial charge in [0.25, 0.3) is 0 Å². The van der Waals surface area contributed by atoms with Crippen molar-refractivity contribution < 1.29 is 28.5 Å². The first-order valence-electron chi connectivity index (χ1n) is 7.00. The average Bonchev–Trinajstić information content (AvgIpc) is 2.81. The predicted octanol–water partition coefficient (Wildman–Crippen LogP) is -0.0117. The largest absolute Gasteiger partial charge is 1.00 e. The Balaban J connectivity index is 0.00000108. The Bertz CT molecular complexity index is 322. The number of halogens is 1. The minimum Gasteiger partial charge on any atom is -1.00 e. The first kappa shape index (κ1) is 13.6. The molecule has 1 atom stereocenters. The van der Waals surface area contributed by atoms with Crippen molar-refractivity contribution in [3.8, 4) is 6.07 Å². The summed E-state index contributed by atoms with van der Waals surface area (Å²) in [5, 5.41) is 9.64. The average molecular weight is 346 g/mol. The number of hydrogen-bond donors (Lipinski definition) is 0. The van der Waals surface area contributed by atoms with Gasteiger partial charge < -0.3 is 28.5 Å². The van der Waals surface area contributed by atoms with E-state index < -0.39 is 0 Å². The molecule has 2 heterocycles. The Morgan fingerprint density at radius 1 is 1.00 bits per heavy atom. The highest BCUT2D eigenvalue weighted by Gasteiger charge is 2.65. The van der Waals surface area contributed by atoms with Crippen LogP contribution in [0.2, 0.25) is 0 Å². The molecule has 0 aromatic rings. The van der Waals surface area contributed by atoms with Crippen LogP contribution in [0.25, 0.3) is 0 Å². The molecule has 3 heteroatoms. The number of hydrogen-bond acceptors (Lipinski definition) is 1. The summed E-state index contributed by atoms with van der Waals surface area (Å²) in [6.45, 7) is 0. The maximum atomic E-state index is 9.64. The third kappa shape index (κ3) is 1.67.